The summed E-state index contributed by atoms with van der Waals surface area (Å²) in [4.78, 5) is 55.8. The predicted octanol–water partition coefficient (Wildman–Crippen LogP) is 2.36. The molecule has 0 saturated carbocycles. The molecule has 0 aliphatic carbocycles. The first kappa shape index (κ1) is 29.8. The Balaban J connectivity index is 2.26. The first-order valence-corrected chi connectivity index (χ1v) is 13.6. The SMILES string of the molecule is CCC(C)C(NC(=O)c1cccnc1)C(=O)NC(Cc1ccccc1)C(=O)NC(CCSC)C(=O)OC. The van der Waals surface area contributed by atoms with Crippen molar-refractivity contribution in [1.82, 2.24) is 20.9 Å². The number of carbonyl (C=O) groups is 4. The molecule has 200 valence electrons. The van der Waals surface area contributed by atoms with Crippen LogP contribution in [-0.2, 0) is 25.5 Å². The Hall–Kier alpha value is -3.40. The number of nitrogens with one attached hydrogen (secondary N) is 3. The molecular formula is C27H36N4O5S. The number of benzene rings is 1. The summed E-state index contributed by atoms with van der Waals surface area (Å²) in [5.41, 5.74) is 1.16. The Bertz CT molecular complexity index is 1020. The van der Waals surface area contributed by atoms with Crippen LogP contribution in [0.25, 0.3) is 0 Å². The summed E-state index contributed by atoms with van der Waals surface area (Å²) in [6, 6.07) is 9.83. The van der Waals surface area contributed by atoms with Crippen molar-refractivity contribution in [1.29, 1.82) is 0 Å². The lowest BCUT2D eigenvalue weighted by atomic mass is 9.96. The summed E-state index contributed by atoms with van der Waals surface area (Å²) in [6.07, 6.45) is 6.11. The van der Waals surface area contributed by atoms with Crippen molar-refractivity contribution in [2.24, 2.45) is 5.92 Å². The van der Waals surface area contributed by atoms with Crippen LogP contribution in [0.3, 0.4) is 0 Å². The molecule has 37 heavy (non-hydrogen) atoms. The fraction of sp³-hybridized carbons (Fsp3) is 0.444. The molecule has 1 aromatic heterocycles. The van der Waals surface area contributed by atoms with Crippen molar-refractivity contribution in [2.75, 3.05) is 19.1 Å². The molecule has 0 bridgehead atoms. The zero-order valence-corrected chi connectivity index (χ0v) is 22.5. The molecule has 0 aliphatic heterocycles. The first-order valence-electron chi connectivity index (χ1n) is 12.2. The Morgan fingerprint density at radius 3 is 2.27 bits per heavy atom. The Morgan fingerprint density at radius 2 is 1.68 bits per heavy atom. The van der Waals surface area contributed by atoms with Crippen molar-refractivity contribution in [3.8, 4) is 0 Å². The van der Waals surface area contributed by atoms with E-state index in [1.54, 1.807) is 30.1 Å². The average molecular weight is 529 g/mol. The highest BCUT2D eigenvalue weighted by molar-refractivity contribution is 7.98. The Labute approximate surface area is 222 Å². The molecule has 0 radical (unpaired) electrons. The van der Waals surface area contributed by atoms with E-state index >= 15 is 0 Å². The Kier molecular flexibility index (Phi) is 12.6. The van der Waals surface area contributed by atoms with Crippen LogP contribution >= 0.6 is 11.8 Å². The van der Waals surface area contributed by atoms with Crippen molar-refractivity contribution >= 4 is 35.5 Å². The van der Waals surface area contributed by atoms with Gasteiger partial charge in [0.1, 0.15) is 18.1 Å². The van der Waals surface area contributed by atoms with Gasteiger partial charge in [-0.1, -0.05) is 50.6 Å². The van der Waals surface area contributed by atoms with E-state index in [-0.39, 0.29) is 12.3 Å². The average Bonchev–Trinajstić information content (AvgIpc) is 2.93. The van der Waals surface area contributed by atoms with Gasteiger partial charge < -0.3 is 20.7 Å². The number of ether oxygens (including phenoxy) is 1. The van der Waals surface area contributed by atoms with Crippen molar-refractivity contribution in [3.63, 3.8) is 0 Å². The summed E-state index contributed by atoms with van der Waals surface area (Å²) < 4.78 is 4.86. The molecular weight excluding hydrogens is 492 g/mol. The highest BCUT2D eigenvalue weighted by Gasteiger charge is 2.32. The molecule has 0 saturated heterocycles. The molecule has 3 amide bonds. The van der Waals surface area contributed by atoms with Gasteiger partial charge in [-0.05, 0) is 42.0 Å². The summed E-state index contributed by atoms with van der Waals surface area (Å²) in [7, 11) is 1.27. The third kappa shape index (κ3) is 9.53. The van der Waals surface area contributed by atoms with Gasteiger partial charge in [0.05, 0.1) is 12.7 Å². The van der Waals surface area contributed by atoms with Crippen LogP contribution in [0.1, 0.15) is 42.6 Å². The van der Waals surface area contributed by atoms with E-state index in [1.807, 2.05) is 50.4 Å². The van der Waals surface area contributed by atoms with Crippen LogP contribution in [-0.4, -0.2) is 65.9 Å². The number of aromatic nitrogens is 1. The smallest absolute Gasteiger partial charge is 0.328 e. The molecule has 2 aromatic rings. The number of methoxy groups -OCH3 is 1. The maximum atomic E-state index is 13.4. The molecule has 1 aromatic carbocycles. The van der Waals surface area contributed by atoms with Gasteiger partial charge >= 0.3 is 5.97 Å². The second kappa shape index (κ2) is 15.7. The number of nitrogens with zero attached hydrogens (tertiary/aromatic N) is 1. The van der Waals surface area contributed by atoms with Gasteiger partial charge in [-0.2, -0.15) is 11.8 Å². The van der Waals surface area contributed by atoms with E-state index in [4.69, 9.17) is 4.74 Å². The van der Waals surface area contributed by atoms with E-state index < -0.39 is 41.8 Å². The summed E-state index contributed by atoms with van der Waals surface area (Å²) in [5, 5.41) is 8.35. The Morgan fingerprint density at radius 1 is 0.973 bits per heavy atom. The number of amides is 3. The highest BCUT2D eigenvalue weighted by atomic mass is 32.2. The number of thioether (sulfide) groups is 1. The molecule has 0 aliphatic rings. The van der Waals surface area contributed by atoms with Gasteiger partial charge in [-0.3, -0.25) is 19.4 Å². The number of rotatable bonds is 14. The number of carbonyl (C=O) groups excluding carboxylic acids is 4. The van der Waals surface area contributed by atoms with E-state index in [1.165, 1.54) is 13.3 Å². The molecule has 3 N–H and O–H groups in total. The lowest BCUT2D eigenvalue weighted by molar-refractivity contribution is -0.145. The minimum atomic E-state index is -0.974. The van der Waals surface area contributed by atoms with E-state index in [9.17, 15) is 19.2 Å². The zero-order valence-electron chi connectivity index (χ0n) is 21.7. The maximum absolute atomic E-state index is 13.4. The molecule has 0 fully saturated rings. The topological polar surface area (TPSA) is 126 Å². The second-order valence-electron chi connectivity index (χ2n) is 8.70. The lowest BCUT2D eigenvalue weighted by Crippen LogP contribution is -2.57. The molecule has 9 nitrogen and oxygen atoms in total. The van der Waals surface area contributed by atoms with Gasteiger partial charge in [-0.15, -0.1) is 0 Å². The fourth-order valence-electron chi connectivity index (χ4n) is 3.64. The van der Waals surface area contributed by atoms with Crippen LogP contribution < -0.4 is 16.0 Å². The van der Waals surface area contributed by atoms with Gasteiger partial charge in [0, 0.05) is 18.8 Å². The highest BCUT2D eigenvalue weighted by Crippen LogP contribution is 2.12. The van der Waals surface area contributed by atoms with E-state index in [0.29, 0.717) is 24.2 Å². The minimum absolute atomic E-state index is 0.203. The summed E-state index contributed by atoms with van der Waals surface area (Å²) in [5.74, 6) is -1.53. The van der Waals surface area contributed by atoms with Crippen LogP contribution in [0.2, 0.25) is 0 Å². The number of hydrogen-bond acceptors (Lipinski definition) is 7. The molecule has 4 unspecified atom stereocenters. The summed E-state index contributed by atoms with van der Waals surface area (Å²) in [6.45, 7) is 3.78. The molecule has 4 atom stereocenters. The van der Waals surface area contributed by atoms with Crippen LogP contribution in [0, 0.1) is 5.92 Å². The number of hydrogen-bond donors (Lipinski definition) is 3. The molecule has 10 heteroatoms. The zero-order chi connectivity index (χ0) is 27.2. The molecule has 2 rings (SSSR count). The normalized spacial score (nSPS) is 13.9. The molecule has 0 spiro atoms. The number of pyridine rings is 1. The van der Waals surface area contributed by atoms with Gasteiger partial charge in [-0.25, -0.2) is 4.79 Å². The third-order valence-corrected chi connectivity index (χ3v) is 6.68. The van der Waals surface area contributed by atoms with E-state index in [2.05, 4.69) is 20.9 Å². The van der Waals surface area contributed by atoms with Crippen LogP contribution in [0.5, 0.6) is 0 Å². The molecule has 1 heterocycles. The van der Waals surface area contributed by atoms with Gasteiger partial charge in [0.25, 0.3) is 5.91 Å². The second-order valence-corrected chi connectivity index (χ2v) is 9.68. The van der Waals surface area contributed by atoms with E-state index in [0.717, 1.165) is 5.56 Å². The fourth-order valence-corrected chi connectivity index (χ4v) is 4.11. The third-order valence-electron chi connectivity index (χ3n) is 6.03. The van der Waals surface area contributed by atoms with Gasteiger partial charge in [0.15, 0.2) is 0 Å². The van der Waals surface area contributed by atoms with Crippen LogP contribution in [0.15, 0.2) is 54.9 Å². The van der Waals surface area contributed by atoms with Crippen molar-refractivity contribution in [3.05, 3.63) is 66.0 Å². The minimum Gasteiger partial charge on any atom is -0.467 e. The predicted molar refractivity (Wildman–Crippen MR) is 144 cm³/mol. The summed E-state index contributed by atoms with van der Waals surface area (Å²) >= 11 is 1.55. The first-order chi connectivity index (χ1) is 17.8. The lowest BCUT2D eigenvalue weighted by Gasteiger charge is -2.27. The maximum Gasteiger partial charge on any atom is 0.328 e. The largest absolute Gasteiger partial charge is 0.467 e. The quantitative estimate of drug-likeness (QED) is 0.321. The standard InChI is InChI=1S/C27H36N4O5S/c1-5-18(2)23(31-24(32)20-12-9-14-28-17-20)26(34)30-22(16-19-10-7-6-8-11-19)25(33)29-21(13-15-37-4)27(35)36-3/h6-12,14,17-18,21-23H,5,13,15-16H2,1-4H3,(H,29,33)(H,30,34)(H,31,32). The van der Waals surface area contributed by atoms with Crippen LogP contribution in [0.4, 0.5) is 0 Å². The van der Waals surface area contributed by atoms with Crippen molar-refractivity contribution < 1.29 is 23.9 Å². The number of esters is 1. The monoisotopic (exact) mass is 528 g/mol. The van der Waals surface area contributed by atoms with Crippen molar-refractivity contribution in [2.45, 2.75) is 51.2 Å². The van der Waals surface area contributed by atoms with Gasteiger partial charge in [0.2, 0.25) is 11.8 Å².